The molecule has 1 unspecified atom stereocenters. The fourth-order valence-electron chi connectivity index (χ4n) is 3.14. The minimum Gasteiger partial charge on any atom is -0.391 e. The van der Waals surface area contributed by atoms with Gasteiger partial charge in [0.2, 0.25) is 11.8 Å². The molecule has 0 bridgehead atoms. The van der Waals surface area contributed by atoms with Gasteiger partial charge in [0, 0.05) is 32.6 Å². The summed E-state index contributed by atoms with van der Waals surface area (Å²) in [5, 5.41) is 9.63. The van der Waals surface area contributed by atoms with E-state index in [0.29, 0.717) is 25.4 Å². The predicted octanol–water partition coefficient (Wildman–Crippen LogP) is 0.228. The van der Waals surface area contributed by atoms with Crippen LogP contribution in [-0.2, 0) is 9.59 Å². The number of hydrogen-bond acceptors (Lipinski definition) is 3. The van der Waals surface area contributed by atoms with Crippen LogP contribution in [0.15, 0.2) is 0 Å². The van der Waals surface area contributed by atoms with Gasteiger partial charge in [-0.2, -0.15) is 0 Å². The first kappa shape index (κ1) is 12.9. The van der Waals surface area contributed by atoms with Gasteiger partial charge < -0.3 is 14.9 Å². The number of nitrogens with zero attached hydrogens (tertiary/aromatic N) is 2. The normalized spacial score (nSPS) is 31.9. The van der Waals surface area contributed by atoms with E-state index in [0.717, 1.165) is 25.9 Å². The van der Waals surface area contributed by atoms with Crippen LogP contribution in [0.5, 0.6) is 0 Å². The van der Waals surface area contributed by atoms with Crippen molar-refractivity contribution in [3.05, 3.63) is 0 Å². The summed E-state index contributed by atoms with van der Waals surface area (Å²) in [6.07, 6.45) is 4.05. The van der Waals surface area contributed by atoms with Gasteiger partial charge in [-0.05, 0) is 31.6 Å². The van der Waals surface area contributed by atoms with E-state index in [2.05, 4.69) is 0 Å². The van der Waals surface area contributed by atoms with E-state index in [9.17, 15) is 14.7 Å². The van der Waals surface area contributed by atoms with Crippen LogP contribution >= 0.6 is 0 Å². The number of hydrogen-bond donors (Lipinski definition) is 1. The number of carbonyl (C=O) groups excluding carboxylic acids is 2. The van der Waals surface area contributed by atoms with Gasteiger partial charge in [0.15, 0.2) is 0 Å². The molecule has 2 atom stereocenters. The first-order chi connectivity index (χ1) is 9.13. The Balaban J connectivity index is 1.56. The average Bonchev–Trinajstić information content (AvgIpc) is 3.12. The number of piperidine rings is 1. The van der Waals surface area contributed by atoms with E-state index in [1.54, 1.807) is 4.90 Å². The molecule has 0 aromatic rings. The van der Waals surface area contributed by atoms with Crippen molar-refractivity contribution in [3.63, 3.8) is 0 Å². The molecule has 106 valence electrons. The molecule has 3 aliphatic rings. The van der Waals surface area contributed by atoms with E-state index >= 15 is 0 Å². The lowest BCUT2D eigenvalue weighted by atomic mass is 10.0. The zero-order valence-electron chi connectivity index (χ0n) is 11.3. The van der Waals surface area contributed by atoms with Crippen LogP contribution in [0.4, 0.5) is 0 Å². The molecule has 3 rings (SSSR count). The molecule has 5 heteroatoms. The molecule has 2 amide bonds. The van der Waals surface area contributed by atoms with Crippen molar-refractivity contribution in [3.8, 4) is 0 Å². The Kier molecular flexibility index (Phi) is 3.48. The lowest BCUT2D eigenvalue weighted by molar-refractivity contribution is -0.138. The minimum absolute atomic E-state index is 0.0606. The van der Waals surface area contributed by atoms with Crippen molar-refractivity contribution in [2.45, 2.75) is 38.2 Å². The largest absolute Gasteiger partial charge is 0.391 e. The summed E-state index contributed by atoms with van der Waals surface area (Å²) in [6.45, 7) is 2.58. The monoisotopic (exact) mass is 266 g/mol. The number of amides is 2. The smallest absolute Gasteiger partial charge is 0.228 e. The maximum absolute atomic E-state index is 12.4. The van der Waals surface area contributed by atoms with Gasteiger partial charge in [-0.1, -0.05) is 0 Å². The van der Waals surface area contributed by atoms with E-state index < -0.39 is 6.10 Å². The number of likely N-dealkylation sites (tertiary alicyclic amines) is 2. The Hall–Kier alpha value is -1.10. The van der Waals surface area contributed by atoms with E-state index in [1.807, 2.05) is 4.90 Å². The SMILES string of the molecule is O=C1CC(C(=O)N2CCC[C@H](O)C2)CN1CC1CC1. The zero-order chi connectivity index (χ0) is 13.4. The van der Waals surface area contributed by atoms with E-state index in [-0.39, 0.29) is 17.7 Å². The van der Waals surface area contributed by atoms with Crippen LogP contribution < -0.4 is 0 Å². The van der Waals surface area contributed by atoms with Crippen molar-refractivity contribution in [1.29, 1.82) is 0 Å². The first-order valence-electron chi connectivity index (χ1n) is 7.38. The molecule has 1 aliphatic carbocycles. The van der Waals surface area contributed by atoms with Crippen molar-refractivity contribution < 1.29 is 14.7 Å². The third-order valence-electron chi connectivity index (χ3n) is 4.45. The average molecular weight is 266 g/mol. The highest BCUT2D eigenvalue weighted by atomic mass is 16.3. The Morgan fingerprint density at radius 2 is 2.05 bits per heavy atom. The molecule has 0 aromatic heterocycles. The fraction of sp³-hybridized carbons (Fsp3) is 0.857. The number of carbonyl (C=O) groups is 2. The number of aliphatic hydroxyl groups is 1. The molecule has 0 radical (unpaired) electrons. The molecule has 2 heterocycles. The summed E-state index contributed by atoms with van der Waals surface area (Å²) < 4.78 is 0. The van der Waals surface area contributed by atoms with Crippen LogP contribution in [0, 0.1) is 11.8 Å². The van der Waals surface area contributed by atoms with Gasteiger partial charge in [0.05, 0.1) is 12.0 Å². The molecule has 5 nitrogen and oxygen atoms in total. The fourth-order valence-corrected chi connectivity index (χ4v) is 3.14. The van der Waals surface area contributed by atoms with Crippen LogP contribution in [-0.4, -0.2) is 59.0 Å². The highest BCUT2D eigenvalue weighted by molar-refractivity contribution is 5.89. The zero-order valence-corrected chi connectivity index (χ0v) is 11.3. The van der Waals surface area contributed by atoms with Crippen molar-refractivity contribution in [2.24, 2.45) is 11.8 Å². The molecule has 19 heavy (non-hydrogen) atoms. The lowest BCUT2D eigenvalue weighted by Gasteiger charge is -2.31. The third-order valence-corrected chi connectivity index (χ3v) is 4.45. The van der Waals surface area contributed by atoms with Gasteiger partial charge in [-0.3, -0.25) is 9.59 Å². The molecule has 0 aromatic carbocycles. The summed E-state index contributed by atoms with van der Waals surface area (Å²) in [4.78, 5) is 27.9. The number of aliphatic hydroxyl groups excluding tert-OH is 1. The second kappa shape index (κ2) is 5.12. The summed E-state index contributed by atoms with van der Waals surface area (Å²) >= 11 is 0. The quantitative estimate of drug-likeness (QED) is 0.795. The van der Waals surface area contributed by atoms with Crippen molar-refractivity contribution >= 4 is 11.8 Å². The van der Waals surface area contributed by atoms with Gasteiger partial charge >= 0.3 is 0 Å². The molecule has 3 fully saturated rings. The highest BCUT2D eigenvalue weighted by Gasteiger charge is 2.39. The Bertz CT molecular complexity index is 381. The highest BCUT2D eigenvalue weighted by Crippen LogP contribution is 2.32. The Morgan fingerprint density at radius 1 is 1.26 bits per heavy atom. The third kappa shape index (κ3) is 2.91. The van der Waals surface area contributed by atoms with Gasteiger partial charge in [0.1, 0.15) is 0 Å². The molecular formula is C14H22N2O3. The van der Waals surface area contributed by atoms with Crippen LogP contribution in [0.3, 0.4) is 0 Å². The second-order valence-electron chi connectivity index (χ2n) is 6.22. The second-order valence-corrected chi connectivity index (χ2v) is 6.22. The van der Waals surface area contributed by atoms with Gasteiger partial charge in [0.25, 0.3) is 0 Å². The first-order valence-corrected chi connectivity index (χ1v) is 7.38. The van der Waals surface area contributed by atoms with Crippen LogP contribution in [0.1, 0.15) is 32.1 Å². The number of rotatable bonds is 3. The molecular weight excluding hydrogens is 244 g/mol. The summed E-state index contributed by atoms with van der Waals surface area (Å²) in [6, 6.07) is 0. The molecule has 1 N–H and O–H groups in total. The topological polar surface area (TPSA) is 60.9 Å². The van der Waals surface area contributed by atoms with E-state index in [4.69, 9.17) is 0 Å². The maximum atomic E-state index is 12.4. The lowest BCUT2D eigenvalue weighted by Crippen LogP contribution is -2.45. The predicted molar refractivity (Wildman–Crippen MR) is 69.2 cm³/mol. The summed E-state index contributed by atoms with van der Waals surface area (Å²) in [5.74, 6) is 0.680. The summed E-state index contributed by atoms with van der Waals surface area (Å²) in [5.41, 5.74) is 0. The number of β-amino-alcohol motifs (C(OH)–C–C–N with tert-alkyl or cyclic N) is 1. The van der Waals surface area contributed by atoms with Gasteiger partial charge in [-0.25, -0.2) is 0 Å². The maximum Gasteiger partial charge on any atom is 0.228 e. The molecule has 2 aliphatic heterocycles. The van der Waals surface area contributed by atoms with Gasteiger partial charge in [-0.15, -0.1) is 0 Å². The molecule has 0 spiro atoms. The summed E-state index contributed by atoms with van der Waals surface area (Å²) in [7, 11) is 0. The van der Waals surface area contributed by atoms with Crippen molar-refractivity contribution in [2.75, 3.05) is 26.2 Å². The van der Waals surface area contributed by atoms with Crippen molar-refractivity contribution in [1.82, 2.24) is 9.80 Å². The Morgan fingerprint density at radius 3 is 2.74 bits per heavy atom. The van der Waals surface area contributed by atoms with Crippen LogP contribution in [0.2, 0.25) is 0 Å². The standard InChI is InChI=1S/C14H22N2O3/c17-12-2-1-5-15(9-12)14(19)11-6-13(18)16(8-11)7-10-3-4-10/h10-12,17H,1-9H2/t11?,12-/m0/s1. The minimum atomic E-state index is -0.391. The van der Waals surface area contributed by atoms with E-state index in [1.165, 1.54) is 12.8 Å². The Labute approximate surface area is 113 Å². The molecule has 1 saturated carbocycles. The molecule has 2 saturated heterocycles. The van der Waals surface area contributed by atoms with Crippen LogP contribution in [0.25, 0.3) is 0 Å².